The summed E-state index contributed by atoms with van der Waals surface area (Å²) in [5.74, 6) is -0.268. The number of hydrogen-bond donors (Lipinski definition) is 1. The molecule has 0 fully saturated rings. The van der Waals surface area contributed by atoms with Gasteiger partial charge < -0.3 is 4.74 Å². The van der Waals surface area contributed by atoms with Crippen LogP contribution in [0.2, 0.25) is 5.02 Å². The van der Waals surface area contributed by atoms with Crippen LogP contribution in [0.1, 0.15) is 5.56 Å². The molecule has 1 aromatic heterocycles. The summed E-state index contributed by atoms with van der Waals surface area (Å²) in [7, 11) is 0. The number of aromatic amines is 1. The predicted octanol–water partition coefficient (Wildman–Crippen LogP) is 4.53. The van der Waals surface area contributed by atoms with E-state index in [1.165, 1.54) is 18.3 Å². The van der Waals surface area contributed by atoms with E-state index in [1.807, 2.05) is 18.2 Å². The number of rotatable bonds is 3. The average molecular weight is 314 g/mol. The van der Waals surface area contributed by atoms with Crippen LogP contribution < -0.4 is 4.74 Å². The van der Waals surface area contributed by atoms with Gasteiger partial charge in [-0.25, -0.2) is 4.39 Å². The minimum absolute atomic E-state index is 0.00806. The van der Waals surface area contributed by atoms with Gasteiger partial charge in [0.2, 0.25) is 0 Å². The molecule has 2 aromatic carbocycles. The Kier molecular flexibility index (Phi) is 3.77. The van der Waals surface area contributed by atoms with E-state index in [9.17, 15) is 4.39 Å². The Morgan fingerprint density at radius 3 is 2.73 bits per heavy atom. The van der Waals surface area contributed by atoms with E-state index >= 15 is 0 Å². The van der Waals surface area contributed by atoms with Gasteiger partial charge in [-0.3, -0.25) is 5.10 Å². The van der Waals surface area contributed by atoms with Crippen LogP contribution in [0.15, 0.2) is 48.7 Å². The second-order valence-corrected chi connectivity index (χ2v) is 4.86. The average Bonchev–Trinajstić information content (AvgIpc) is 2.98. The maximum atomic E-state index is 13.9. The van der Waals surface area contributed by atoms with Crippen molar-refractivity contribution in [2.24, 2.45) is 0 Å². The zero-order chi connectivity index (χ0) is 15.5. The van der Waals surface area contributed by atoms with Crippen LogP contribution in [0.25, 0.3) is 11.3 Å². The van der Waals surface area contributed by atoms with Crippen molar-refractivity contribution in [2.45, 2.75) is 0 Å². The lowest BCUT2D eigenvalue weighted by atomic mass is 10.1. The van der Waals surface area contributed by atoms with E-state index in [0.29, 0.717) is 22.0 Å². The Labute approximate surface area is 130 Å². The Hall–Kier alpha value is -2.84. The van der Waals surface area contributed by atoms with Gasteiger partial charge in [-0.05, 0) is 24.3 Å². The zero-order valence-electron chi connectivity index (χ0n) is 11.2. The number of benzene rings is 2. The van der Waals surface area contributed by atoms with Crippen LogP contribution in [0.3, 0.4) is 0 Å². The zero-order valence-corrected chi connectivity index (χ0v) is 11.9. The van der Waals surface area contributed by atoms with E-state index in [1.54, 1.807) is 12.1 Å². The highest BCUT2D eigenvalue weighted by molar-refractivity contribution is 6.33. The summed E-state index contributed by atoms with van der Waals surface area (Å²) in [5.41, 5.74) is 1.48. The van der Waals surface area contributed by atoms with Gasteiger partial charge in [0.05, 0.1) is 22.9 Å². The first kappa shape index (κ1) is 14.1. The molecule has 0 aliphatic heterocycles. The summed E-state index contributed by atoms with van der Waals surface area (Å²) in [6, 6.07) is 13.0. The number of aromatic nitrogens is 2. The number of halogens is 2. The quantitative estimate of drug-likeness (QED) is 0.772. The topological polar surface area (TPSA) is 61.7 Å². The summed E-state index contributed by atoms with van der Waals surface area (Å²) in [6.45, 7) is 0. The first-order valence-corrected chi connectivity index (χ1v) is 6.72. The Bertz CT molecular complexity index is 870. The van der Waals surface area contributed by atoms with Gasteiger partial charge in [0, 0.05) is 5.56 Å². The molecule has 0 saturated heterocycles. The van der Waals surface area contributed by atoms with Gasteiger partial charge in [-0.15, -0.1) is 0 Å². The number of ether oxygens (including phenoxy) is 1. The molecule has 3 aromatic rings. The van der Waals surface area contributed by atoms with Gasteiger partial charge in [0.25, 0.3) is 0 Å². The van der Waals surface area contributed by atoms with Crippen LogP contribution >= 0.6 is 11.6 Å². The van der Waals surface area contributed by atoms with Gasteiger partial charge >= 0.3 is 0 Å². The fraction of sp³-hybridized carbons (Fsp3) is 0. The Morgan fingerprint density at radius 2 is 2.00 bits per heavy atom. The maximum absolute atomic E-state index is 13.9. The third-order valence-electron chi connectivity index (χ3n) is 3.03. The molecule has 0 spiro atoms. The monoisotopic (exact) mass is 313 g/mol. The fourth-order valence-electron chi connectivity index (χ4n) is 1.98. The van der Waals surface area contributed by atoms with Gasteiger partial charge in [0.15, 0.2) is 17.3 Å². The van der Waals surface area contributed by atoms with Crippen molar-refractivity contribution in [1.29, 1.82) is 5.26 Å². The molecule has 0 radical (unpaired) electrons. The maximum Gasteiger partial charge on any atom is 0.173 e. The summed E-state index contributed by atoms with van der Waals surface area (Å²) in [6.07, 6.45) is 1.44. The smallest absolute Gasteiger partial charge is 0.173 e. The molecule has 108 valence electrons. The highest BCUT2D eigenvalue weighted by Gasteiger charge is 2.14. The Balaban J connectivity index is 1.97. The Morgan fingerprint density at radius 1 is 1.18 bits per heavy atom. The summed E-state index contributed by atoms with van der Waals surface area (Å²) < 4.78 is 19.5. The van der Waals surface area contributed by atoms with E-state index in [-0.39, 0.29) is 11.3 Å². The van der Waals surface area contributed by atoms with Gasteiger partial charge in [-0.2, -0.15) is 10.4 Å². The number of nitriles is 1. The first-order chi connectivity index (χ1) is 10.7. The molecule has 1 N–H and O–H groups in total. The lowest BCUT2D eigenvalue weighted by Gasteiger charge is -2.08. The molecule has 3 rings (SSSR count). The molecule has 0 aliphatic rings. The second-order valence-electron chi connectivity index (χ2n) is 4.45. The number of nitrogens with one attached hydrogen (secondary N) is 1. The molecule has 0 unspecified atom stereocenters. The number of hydrogen-bond acceptors (Lipinski definition) is 3. The summed E-state index contributed by atoms with van der Waals surface area (Å²) in [5, 5.41) is 16.0. The predicted molar refractivity (Wildman–Crippen MR) is 80.2 cm³/mol. The minimum Gasteiger partial charge on any atom is -0.450 e. The minimum atomic E-state index is -0.620. The van der Waals surface area contributed by atoms with Crippen molar-refractivity contribution in [2.75, 3.05) is 0 Å². The molecular formula is C16H9ClFN3O. The molecule has 4 nitrogen and oxygen atoms in total. The SMILES string of the molecule is N#Cc1ccc(Oc2cn[nH]c2-c2ccccc2Cl)c(F)c1. The largest absolute Gasteiger partial charge is 0.450 e. The molecular weight excluding hydrogens is 305 g/mol. The van der Waals surface area contributed by atoms with Gasteiger partial charge in [0.1, 0.15) is 5.69 Å². The van der Waals surface area contributed by atoms with Crippen LogP contribution in [-0.2, 0) is 0 Å². The molecule has 1 heterocycles. The van der Waals surface area contributed by atoms with E-state index in [2.05, 4.69) is 10.2 Å². The third-order valence-corrected chi connectivity index (χ3v) is 3.36. The second kappa shape index (κ2) is 5.88. The fourth-order valence-corrected chi connectivity index (χ4v) is 2.21. The number of nitrogens with zero attached hydrogens (tertiary/aromatic N) is 2. The molecule has 6 heteroatoms. The molecule has 22 heavy (non-hydrogen) atoms. The summed E-state index contributed by atoms with van der Waals surface area (Å²) >= 11 is 6.15. The molecule has 0 atom stereocenters. The number of H-pyrrole nitrogens is 1. The van der Waals surface area contributed by atoms with Gasteiger partial charge in [-0.1, -0.05) is 29.8 Å². The third kappa shape index (κ3) is 2.65. The molecule has 0 bridgehead atoms. The highest BCUT2D eigenvalue weighted by atomic mass is 35.5. The van der Waals surface area contributed by atoms with Crippen LogP contribution in [0.5, 0.6) is 11.5 Å². The lowest BCUT2D eigenvalue weighted by molar-refractivity contribution is 0.443. The van der Waals surface area contributed by atoms with Crippen LogP contribution in [0.4, 0.5) is 4.39 Å². The van der Waals surface area contributed by atoms with Crippen molar-refractivity contribution < 1.29 is 9.13 Å². The van der Waals surface area contributed by atoms with Crippen LogP contribution in [0, 0.1) is 17.1 Å². The molecule has 0 amide bonds. The summed E-state index contributed by atoms with van der Waals surface area (Å²) in [4.78, 5) is 0. The molecule has 0 aliphatic carbocycles. The first-order valence-electron chi connectivity index (χ1n) is 6.35. The van der Waals surface area contributed by atoms with E-state index in [0.717, 1.165) is 6.07 Å². The normalized spacial score (nSPS) is 10.2. The molecule has 0 saturated carbocycles. The van der Waals surface area contributed by atoms with Crippen molar-refractivity contribution in [3.05, 3.63) is 65.1 Å². The van der Waals surface area contributed by atoms with Crippen molar-refractivity contribution in [1.82, 2.24) is 10.2 Å². The van der Waals surface area contributed by atoms with E-state index in [4.69, 9.17) is 21.6 Å². The van der Waals surface area contributed by atoms with E-state index < -0.39 is 5.82 Å². The van der Waals surface area contributed by atoms with Crippen molar-refractivity contribution in [3.8, 4) is 28.8 Å². The van der Waals surface area contributed by atoms with Crippen molar-refractivity contribution in [3.63, 3.8) is 0 Å². The standard InChI is InChI=1S/C16H9ClFN3O/c17-12-4-2-1-3-11(12)16-15(9-20-21-16)22-14-6-5-10(8-19)7-13(14)18/h1-7,9H,(H,20,21). The van der Waals surface area contributed by atoms with Crippen LogP contribution in [-0.4, -0.2) is 10.2 Å². The lowest BCUT2D eigenvalue weighted by Crippen LogP contribution is -1.90. The van der Waals surface area contributed by atoms with Crippen molar-refractivity contribution >= 4 is 11.6 Å². The highest BCUT2D eigenvalue weighted by Crippen LogP contribution is 2.35.